The van der Waals surface area contributed by atoms with Crippen molar-refractivity contribution in [2.45, 2.75) is 58.3 Å². The van der Waals surface area contributed by atoms with E-state index in [2.05, 4.69) is 16.0 Å². The van der Waals surface area contributed by atoms with Crippen LogP contribution < -0.4 is 0 Å². The highest BCUT2D eigenvalue weighted by molar-refractivity contribution is 7.48. The highest BCUT2D eigenvalue weighted by Gasteiger charge is 2.21. The summed E-state index contributed by atoms with van der Waals surface area (Å²) in [4.78, 5) is 0. The summed E-state index contributed by atoms with van der Waals surface area (Å²) < 4.78 is 25.9. The smallest absolute Gasteiger partial charge is 0.290 e. The lowest BCUT2D eigenvalue weighted by atomic mass is 10.1. The van der Waals surface area contributed by atoms with Crippen LogP contribution in [0.5, 0.6) is 0 Å². The maximum absolute atomic E-state index is 11.5. The Morgan fingerprint density at radius 1 is 0.824 bits per heavy atom. The van der Waals surface area contributed by atoms with Crippen LogP contribution in [-0.4, -0.2) is 20.8 Å². The van der Waals surface area contributed by atoms with E-state index in [-0.39, 0.29) is 0 Å². The highest BCUT2D eigenvalue weighted by Crippen LogP contribution is 2.47. The zero-order chi connectivity index (χ0) is 13.0. The van der Waals surface area contributed by atoms with Gasteiger partial charge in [-0.25, -0.2) is 4.57 Å². The van der Waals surface area contributed by atoms with Gasteiger partial charge in [0.1, 0.15) is 0 Å². The molecule has 0 radical (unpaired) electrons. The van der Waals surface area contributed by atoms with Crippen LogP contribution in [0, 0.1) is 0 Å². The second kappa shape index (κ2) is 11.2. The van der Waals surface area contributed by atoms with Crippen LogP contribution in [0.15, 0.2) is 0 Å². The van der Waals surface area contributed by atoms with E-state index in [4.69, 9.17) is 4.52 Å². The van der Waals surface area contributed by atoms with E-state index in [0.29, 0.717) is 6.61 Å². The molecule has 0 spiro atoms. The molecular formula is C12H27O4P. The fourth-order valence-electron chi connectivity index (χ4n) is 1.59. The molecule has 0 unspecified atom stereocenters. The summed E-state index contributed by atoms with van der Waals surface area (Å²) in [5.74, 6) is 0. The van der Waals surface area contributed by atoms with Gasteiger partial charge in [-0.1, -0.05) is 51.9 Å². The molecule has 0 aliphatic heterocycles. The molecule has 0 amide bonds. The second-order valence-electron chi connectivity index (χ2n) is 4.12. The quantitative estimate of drug-likeness (QED) is 0.384. The highest BCUT2D eigenvalue weighted by atomic mass is 31.2. The van der Waals surface area contributed by atoms with Crippen LogP contribution in [0.25, 0.3) is 0 Å². The van der Waals surface area contributed by atoms with E-state index in [0.717, 1.165) is 12.8 Å². The van der Waals surface area contributed by atoms with Gasteiger partial charge in [-0.05, 0) is 6.42 Å². The zero-order valence-corrected chi connectivity index (χ0v) is 12.3. The molecule has 0 aliphatic rings. The van der Waals surface area contributed by atoms with E-state index in [1.165, 1.54) is 52.7 Å². The third-order valence-electron chi connectivity index (χ3n) is 2.69. The number of hydrogen-bond acceptors (Lipinski definition) is 4. The third kappa shape index (κ3) is 9.78. The summed E-state index contributed by atoms with van der Waals surface area (Å²) >= 11 is 0. The van der Waals surface area contributed by atoms with Crippen molar-refractivity contribution in [1.82, 2.24) is 0 Å². The minimum atomic E-state index is -3.25. The van der Waals surface area contributed by atoms with Crippen molar-refractivity contribution in [1.29, 1.82) is 0 Å². The van der Waals surface area contributed by atoms with E-state index in [1.54, 1.807) is 0 Å². The summed E-state index contributed by atoms with van der Waals surface area (Å²) in [6.45, 7) is 2.66. The lowest BCUT2D eigenvalue weighted by molar-refractivity contribution is 0.150. The predicted molar refractivity (Wildman–Crippen MR) is 70.2 cm³/mol. The topological polar surface area (TPSA) is 44.8 Å². The first-order chi connectivity index (χ1) is 8.18. The van der Waals surface area contributed by atoms with Crippen LogP contribution in [0.1, 0.15) is 58.3 Å². The minimum absolute atomic E-state index is 0.438. The molecule has 0 rings (SSSR count). The van der Waals surface area contributed by atoms with Crippen LogP contribution in [-0.2, 0) is 18.1 Å². The summed E-state index contributed by atoms with van der Waals surface area (Å²) in [5.41, 5.74) is 0. The number of rotatable bonds is 12. The Balaban J connectivity index is 3.26. The molecule has 0 fully saturated rings. The first kappa shape index (κ1) is 17.1. The average Bonchev–Trinajstić information content (AvgIpc) is 2.36. The Hall–Kier alpha value is 0.110. The Kier molecular flexibility index (Phi) is 11.3. The van der Waals surface area contributed by atoms with Gasteiger partial charge in [0.05, 0.1) is 6.61 Å². The van der Waals surface area contributed by atoms with Gasteiger partial charge >= 0.3 is 7.82 Å². The predicted octanol–water partition coefficient (Wildman–Crippen LogP) is 4.54. The van der Waals surface area contributed by atoms with Crippen LogP contribution in [0.2, 0.25) is 0 Å². The van der Waals surface area contributed by atoms with Crippen molar-refractivity contribution < 1.29 is 18.1 Å². The molecule has 0 aromatic heterocycles. The largest absolute Gasteiger partial charge is 0.474 e. The van der Waals surface area contributed by atoms with E-state index < -0.39 is 7.82 Å². The Morgan fingerprint density at radius 3 is 1.76 bits per heavy atom. The van der Waals surface area contributed by atoms with Gasteiger partial charge in [0.15, 0.2) is 0 Å². The fourth-order valence-corrected chi connectivity index (χ4v) is 2.30. The van der Waals surface area contributed by atoms with Gasteiger partial charge in [0, 0.05) is 14.2 Å². The Morgan fingerprint density at radius 2 is 1.29 bits per heavy atom. The van der Waals surface area contributed by atoms with Gasteiger partial charge in [-0.3, -0.25) is 13.6 Å². The van der Waals surface area contributed by atoms with E-state index >= 15 is 0 Å². The van der Waals surface area contributed by atoms with Gasteiger partial charge in [0.2, 0.25) is 0 Å². The molecule has 4 nitrogen and oxygen atoms in total. The van der Waals surface area contributed by atoms with Crippen LogP contribution >= 0.6 is 7.82 Å². The normalized spacial score (nSPS) is 11.9. The summed E-state index contributed by atoms with van der Waals surface area (Å²) in [7, 11) is -0.589. The molecule has 0 bridgehead atoms. The molecule has 0 heterocycles. The monoisotopic (exact) mass is 266 g/mol. The van der Waals surface area contributed by atoms with Gasteiger partial charge in [-0.2, -0.15) is 0 Å². The molecule has 5 heteroatoms. The van der Waals surface area contributed by atoms with E-state index in [1.807, 2.05) is 0 Å². The van der Waals surface area contributed by atoms with Gasteiger partial charge < -0.3 is 0 Å². The Labute approximate surface area is 106 Å². The van der Waals surface area contributed by atoms with Crippen LogP contribution in [0.3, 0.4) is 0 Å². The molecular weight excluding hydrogens is 239 g/mol. The maximum Gasteiger partial charge on any atom is 0.474 e. The number of phosphoric acid groups is 1. The molecule has 0 atom stereocenters. The lowest BCUT2D eigenvalue weighted by Gasteiger charge is -2.12. The fraction of sp³-hybridized carbons (Fsp3) is 1.00. The molecule has 0 N–H and O–H groups in total. The molecule has 104 valence electrons. The minimum Gasteiger partial charge on any atom is -0.290 e. The molecule has 0 aromatic carbocycles. The summed E-state index contributed by atoms with van der Waals surface area (Å²) in [6, 6.07) is 0. The molecule has 17 heavy (non-hydrogen) atoms. The average molecular weight is 266 g/mol. The Bertz CT molecular complexity index is 201. The standard InChI is InChI=1S/C12H27O4P/c1-4-5-6-7-8-9-10-11-12-16-17(13,14-2)15-3/h4-12H2,1-3H3. The van der Waals surface area contributed by atoms with Crippen molar-refractivity contribution in [3.8, 4) is 0 Å². The van der Waals surface area contributed by atoms with Gasteiger partial charge in [-0.15, -0.1) is 0 Å². The van der Waals surface area contributed by atoms with Crippen molar-refractivity contribution in [3.05, 3.63) is 0 Å². The van der Waals surface area contributed by atoms with Crippen molar-refractivity contribution in [3.63, 3.8) is 0 Å². The number of unbranched alkanes of at least 4 members (excludes halogenated alkanes) is 7. The first-order valence-corrected chi connectivity index (χ1v) is 8.00. The summed E-state index contributed by atoms with van der Waals surface area (Å²) in [5, 5.41) is 0. The second-order valence-corrected chi connectivity index (χ2v) is 6.00. The first-order valence-electron chi connectivity index (χ1n) is 6.54. The number of phosphoric ester groups is 1. The van der Waals surface area contributed by atoms with Crippen molar-refractivity contribution in [2.24, 2.45) is 0 Å². The SMILES string of the molecule is CCCCCCCCCCOP(=O)(OC)OC. The lowest BCUT2D eigenvalue weighted by Crippen LogP contribution is -1.97. The number of hydrogen-bond donors (Lipinski definition) is 0. The molecule has 0 saturated heterocycles. The molecule has 0 aliphatic carbocycles. The van der Waals surface area contributed by atoms with Crippen molar-refractivity contribution >= 4 is 7.82 Å². The summed E-state index contributed by atoms with van der Waals surface area (Å²) in [6.07, 6.45) is 9.82. The van der Waals surface area contributed by atoms with Gasteiger partial charge in [0.25, 0.3) is 0 Å². The molecule has 0 aromatic rings. The maximum atomic E-state index is 11.5. The van der Waals surface area contributed by atoms with E-state index in [9.17, 15) is 4.57 Å². The van der Waals surface area contributed by atoms with Crippen molar-refractivity contribution in [2.75, 3.05) is 20.8 Å². The molecule has 0 saturated carbocycles. The zero-order valence-electron chi connectivity index (χ0n) is 11.4. The third-order valence-corrected chi connectivity index (χ3v) is 4.09. The van der Waals surface area contributed by atoms with Crippen LogP contribution in [0.4, 0.5) is 0 Å².